The van der Waals surface area contributed by atoms with Gasteiger partial charge in [0, 0.05) is 23.1 Å². The van der Waals surface area contributed by atoms with Crippen LogP contribution in [0.5, 0.6) is 0 Å². The molecule has 2 aromatic heterocycles. The zero-order valence-electron chi connectivity index (χ0n) is 8.99. The largest absolute Gasteiger partial charge is 0.316 e. The summed E-state index contributed by atoms with van der Waals surface area (Å²) in [6.45, 7) is 2.19. The van der Waals surface area contributed by atoms with Gasteiger partial charge in [0.1, 0.15) is 5.82 Å². The molecule has 1 unspecified atom stereocenters. The molecule has 0 spiro atoms. The van der Waals surface area contributed by atoms with E-state index in [1.54, 1.807) is 0 Å². The first-order chi connectivity index (χ1) is 7.86. The van der Waals surface area contributed by atoms with Crippen LogP contribution in [0.2, 0.25) is 0 Å². The summed E-state index contributed by atoms with van der Waals surface area (Å²) in [7, 11) is 0. The highest BCUT2D eigenvalue weighted by Crippen LogP contribution is 2.25. The molecule has 16 heavy (non-hydrogen) atoms. The second kappa shape index (κ2) is 4.18. The van der Waals surface area contributed by atoms with E-state index in [4.69, 9.17) is 0 Å². The van der Waals surface area contributed by atoms with Crippen molar-refractivity contribution in [3.05, 3.63) is 34.8 Å². The van der Waals surface area contributed by atoms with E-state index >= 15 is 0 Å². The van der Waals surface area contributed by atoms with Crippen molar-refractivity contribution in [3.63, 3.8) is 0 Å². The molecule has 3 heterocycles. The SMILES string of the molecule is Brc1cccn2c(C3CCCNC3)ncc12. The molecule has 1 aliphatic heterocycles. The first kappa shape index (κ1) is 10.3. The molecule has 0 aliphatic carbocycles. The van der Waals surface area contributed by atoms with Crippen molar-refractivity contribution in [3.8, 4) is 0 Å². The van der Waals surface area contributed by atoms with E-state index in [0.29, 0.717) is 5.92 Å². The van der Waals surface area contributed by atoms with Gasteiger partial charge >= 0.3 is 0 Å². The van der Waals surface area contributed by atoms with Gasteiger partial charge < -0.3 is 9.72 Å². The van der Waals surface area contributed by atoms with Crippen LogP contribution in [-0.4, -0.2) is 22.5 Å². The van der Waals surface area contributed by atoms with E-state index in [1.165, 1.54) is 18.7 Å². The van der Waals surface area contributed by atoms with Crippen LogP contribution in [0.1, 0.15) is 24.6 Å². The highest BCUT2D eigenvalue weighted by Gasteiger charge is 2.19. The molecular weight excluding hydrogens is 266 g/mol. The minimum absolute atomic E-state index is 0.547. The summed E-state index contributed by atoms with van der Waals surface area (Å²) in [6, 6.07) is 4.11. The number of rotatable bonds is 1. The van der Waals surface area contributed by atoms with Crippen molar-refractivity contribution in [1.29, 1.82) is 0 Å². The Morgan fingerprint density at radius 1 is 1.50 bits per heavy atom. The minimum atomic E-state index is 0.547. The molecule has 3 nitrogen and oxygen atoms in total. The molecule has 4 heteroatoms. The number of aromatic nitrogens is 2. The van der Waals surface area contributed by atoms with Crippen LogP contribution in [0, 0.1) is 0 Å². The molecule has 0 saturated carbocycles. The average Bonchev–Trinajstić information content (AvgIpc) is 2.75. The third-order valence-electron chi connectivity index (χ3n) is 3.21. The van der Waals surface area contributed by atoms with Gasteiger partial charge in [-0.2, -0.15) is 0 Å². The van der Waals surface area contributed by atoms with Crippen molar-refractivity contribution in [2.75, 3.05) is 13.1 Å². The number of imidazole rings is 1. The molecule has 0 radical (unpaired) electrons. The minimum Gasteiger partial charge on any atom is -0.316 e. The van der Waals surface area contributed by atoms with Crippen LogP contribution in [0.3, 0.4) is 0 Å². The van der Waals surface area contributed by atoms with E-state index in [0.717, 1.165) is 23.1 Å². The standard InChI is InChI=1S/C12H14BrN3/c13-10-4-2-6-16-11(10)8-15-12(16)9-3-1-5-14-7-9/h2,4,6,8-9,14H,1,3,5,7H2. The Hall–Kier alpha value is -0.870. The maximum Gasteiger partial charge on any atom is 0.117 e. The maximum atomic E-state index is 4.57. The van der Waals surface area contributed by atoms with Gasteiger partial charge in [-0.05, 0) is 47.4 Å². The Kier molecular flexibility index (Phi) is 2.69. The molecule has 1 fully saturated rings. The number of piperidine rings is 1. The van der Waals surface area contributed by atoms with E-state index in [1.807, 2.05) is 6.20 Å². The topological polar surface area (TPSA) is 29.3 Å². The Morgan fingerprint density at radius 3 is 3.25 bits per heavy atom. The van der Waals surface area contributed by atoms with Crippen LogP contribution in [0.4, 0.5) is 0 Å². The Morgan fingerprint density at radius 2 is 2.44 bits per heavy atom. The first-order valence-corrected chi connectivity index (χ1v) is 6.48. The number of pyridine rings is 1. The molecule has 1 aliphatic rings. The van der Waals surface area contributed by atoms with Crippen molar-refractivity contribution < 1.29 is 0 Å². The highest BCUT2D eigenvalue weighted by atomic mass is 79.9. The summed E-state index contributed by atoms with van der Waals surface area (Å²) in [5.74, 6) is 1.73. The lowest BCUT2D eigenvalue weighted by atomic mass is 9.99. The Balaban J connectivity index is 2.06. The Labute approximate surface area is 103 Å². The van der Waals surface area contributed by atoms with Gasteiger partial charge in [-0.25, -0.2) is 4.98 Å². The number of nitrogens with zero attached hydrogens (tertiary/aromatic N) is 2. The van der Waals surface area contributed by atoms with Gasteiger partial charge in [0.25, 0.3) is 0 Å². The second-order valence-corrected chi connectivity index (χ2v) is 5.13. The second-order valence-electron chi connectivity index (χ2n) is 4.27. The van der Waals surface area contributed by atoms with Crippen molar-refractivity contribution in [2.45, 2.75) is 18.8 Å². The van der Waals surface area contributed by atoms with Gasteiger partial charge in [-0.1, -0.05) is 0 Å². The quantitative estimate of drug-likeness (QED) is 0.870. The number of fused-ring (bicyclic) bond motifs is 1. The fraction of sp³-hybridized carbons (Fsp3) is 0.417. The van der Waals surface area contributed by atoms with Crippen molar-refractivity contribution in [1.82, 2.24) is 14.7 Å². The molecule has 2 aromatic rings. The van der Waals surface area contributed by atoms with E-state index in [-0.39, 0.29) is 0 Å². The van der Waals surface area contributed by atoms with Crippen molar-refractivity contribution >= 4 is 21.4 Å². The van der Waals surface area contributed by atoms with E-state index < -0.39 is 0 Å². The first-order valence-electron chi connectivity index (χ1n) is 5.68. The summed E-state index contributed by atoms with van der Waals surface area (Å²) in [6.07, 6.45) is 6.53. The van der Waals surface area contributed by atoms with Crippen LogP contribution >= 0.6 is 15.9 Å². The molecule has 0 bridgehead atoms. The summed E-state index contributed by atoms with van der Waals surface area (Å²) in [5, 5.41) is 3.44. The molecule has 1 atom stereocenters. The van der Waals surface area contributed by atoms with Gasteiger partial charge in [0.15, 0.2) is 0 Å². The molecule has 1 N–H and O–H groups in total. The Bertz CT molecular complexity index is 500. The molecule has 0 aromatic carbocycles. The highest BCUT2D eigenvalue weighted by molar-refractivity contribution is 9.10. The average molecular weight is 280 g/mol. The zero-order chi connectivity index (χ0) is 11.0. The predicted molar refractivity (Wildman–Crippen MR) is 67.7 cm³/mol. The monoisotopic (exact) mass is 279 g/mol. The fourth-order valence-electron chi connectivity index (χ4n) is 2.38. The number of hydrogen-bond acceptors (Lipinski definition) is 2. The van der Waals surface area contributed by atoms with E-state index in [2.05, 4.69) is 49.0 Å². The predicted octanol–water partition coefficient (Wildman–Crippen LogP) is 2.56. The van der Waals surface area contributed by atoms with Crippen molar-refractivity contribution in [2.24, 2.45) is 0 Å². The lowest BCUT2D eigenvalue weighted by Crippen LogP contribution is -2.29. The van der Waals surface area contributed by atoms with Crippen LogP contribution < -0.4 is 5.32 Å². The van der Waals surface area contributed by atoms with Crippen LogP contribution in [0.15, 0.2) is 29.0 Å². The lowest BCUT2D eigenvalue weighted by Gasteiger charge is -2.21. The zero-order valence-corrected chi connectivity index (χ0v) is 10.6. The van der Waals surface area contributed by atoms with Gasteiger partial charge in [0.05, 0.1) is 11.7 Å². The van der Waals surface area contributed by atoms with Crippen LogP contribution in [-0.2, 0) is 0 Å². The lowest BCUT2D eigenvalue weighted by molar-refractivity contribution is 0.445. The van der Waals surface area contributed by atoms with Gasteiger partial charge in [-0.15, -0.1) is 0 Å². The molecule has 1 saturated heterocycles. The van der Waals surface area contributed by atoms with Gasteiger partial charge in [0.2, 0.25) is 0 Å². The fourth-order valence-corrected chi connectivity index (χ4v) is 2.83. The molecule has 84 valence electrons. The third kappa shape index (κ3) is 1.66. The van der Waals surface area contributed by atoms with E-state index in [9.17, 15) is 0 Å². The molecule has 3 rings (SSSR count). The smallest absolute Gasteiger partial charge is 0.117 e. The third-order valence-corrected chi connectivity index (χ3v) is 3.88. The number of nitrogens with one attached hydrogen (secondary N) is 1. The summed E-state index contributed by atoms with van der Waals surface area (Å²) in [5.41, 5.74) is 1.16. The summed E-state index contributed by atoms with van der Waals surface area (Å²) in [4.78, 5) is 4.57. The van der Waals surface area contributed by atoms with Gasteiger partial charge in [-0.3, -0.25) is 0 Å². The maximum absolute atomic E-state index is 4.57. The molecule has 0 amide bonds. The number of hydrogen-bond donors (Lipinski definition) is 1. The summed E-state index contributed by atoms with van der Waals surface area (Å²) < 4.78 is 3.30. The molecular formula is C12H14BrN3. The number of halogens is 1. The van der Waals surface area contributed by atoms with Crippen LogP contribution in [0.25, 0.3) is 5.52 Å². The normalized spacial score (nSPS) is 21.4. The summed E-state index contributed by atoms with van der Waals surface area (Å²) >= 11 is 3.56.